The van der Waals surface area contributed by atoms with Gasteiger partial charge in [0, 0.05) is 10.9 Å². The lowest BCUT2D eigenvalue weighted by atomic mass is 9.96. The Morgan fingerprint density at radius 1 is 1.19 bits per heavy atom. The van der Waals surface area contributed by atoms with E-state index in [9.17, 15) is 18.0 Å². The Kier molecular flexibility index (Phi) is 5.79. The highest BCUT2D eigenvalue weighted by Gasteiger charge is 2.47. The topological polar surface area (TPSA) is 59.0 Å². The molecule has 9 heteroatoms. The minimum absolute atomic E-state index is 0.0688. The molecule has 4 rings (SSSR count). The van der Waals surface area contributed by atoms with E-state index in [1.165, 1.54) is 6.20 Å². The Morgan fingerprint density at radius 3 is 2.52 bits per heavy atom. The maximum absolute atomic E-state index is 13.8. The highest BCUT2D eigenvalue weighted by Crippen LogP contribution is 2.44. The fourth-order valence-electron chi connectivity index (χ4n) is 3.74. The molecule has 2 N–H and O–H groups in total. The molecule has 0 saturated carbocycles. The molecule has 0 unspecified atom stereocenters. The molecule has 5 nitrogen and oxygen atoms in total. The summed E-state index contributed by atoms with van der Waals surface area (Å²) in [6, 6.07) is 13.7. The van der Waals surface area contributed by atoms with Gasteiger partial charge in [0.15, 0.2) is 6.04 Å². The number of carbonyl (C=O) groups is 1. The van der Waals surface area contributed by atoms with Crippen LogP contribution in [0.2, 0.25) is 0 Å². The normalized spacial score (nSPS) is 19.3. The van der Waals surface area contributed by atoms with Gasteiger partial charge in [0.05, 0.1) is 18.3 Å². The Labute approximate surface area is 185 Å². The zero-order valence-corrected chi connectivity index (χ0v) is 18.1. The molecule has 0 bridgehead atoms. The van der Waals surface area contributed by atoms with Gasteiger partial charge in [-0.3, -0.25) is 4.79 Å². The number of hydrogen-bond acceptors (Lipinski definition) is 3. The summed E-state index contributed by atoms with van der Waals surface area (Å²) in [7, 11) is 0. The third kappa shape index (κ3) is 4.46. The van der Waals surface area contributed by atoms with E-state index in [0.717, 1.165) is 14.7 Å². The van der Waals surface area contributed by atoms with E-state index in [-0.39, 0.29) is 23.8 Å². The number of anilines is 1. The van der Waals surface area contributed by atoms with Crippen molar-refractivity contribution in [2.45, 2.75) is 37.6 Å². The fraction of sp³-hybridized carbons (Fsp3) is 0.273. The van der Waals surface area contributed by atoms with E-state index in [4.69, 9.17) is 0 Å². The van der Waals surface area contributed by atoms with Crippen molar-refractivity contribution in [2.75, 3.05) is 5.32 Å². The minimum atomic E-state index is -4.50. The molecule has 31 heavy (non-hydrogen) atoms. The van der Waals surface area contributed by atoms with Crippen LogP contribution in [0.3, 0.4) is 0 Å². The second-order valence-corrected chi connectivity index (χ2v) is 8.41. The van der Waals surface area contributed by atoms with Crippen LogP contribution in [0.4, 0.5) is 19.0 Å². The molecule has 0 fully saturated rings. The van der Waals surface area contributed by atoms with Gasteiger partial charge in [0.25, 0.3) is 5.91 Å². The van der Waals surface area contributed by atoms with Gasteiger partial charge in [0.2, 0.25) is 0 Å². The van der Waals surface area contributed by atoms with Gasteiger partial charge in [-0.05, 0) is 30.2 Å². The Morgan fingerprint density at radius 2 is 1.87 bits per heavy atom. The zero-order valence-electron chi connectivity index (χ0n) is 16.5. The molecule has 1 aliphatic heterocycles. The standard InChI is InChI=1S/C22H20BrF3N4O/c1-13(14-5-3-2-4-6-14)28-21(31)17-12-27-30-19(22(24,25)26)11-18(29-20(17)30)15-7-9-16(23)10-8-15/h2-10,12-13,18-19,29H,11H2,1H3,(H,28,31)/t13-,18-,19-/m1/s1. The zero-order chi connectivity index (χ0) is 22.2. The van der Waals surface area contributed by atoms with Gasteiger partial charge in [0.1, 0.15) is 11.4 Å². The average Bonchev–Trinajstić information content (AvgIpc) is 3.17. The van der Waals surface area contributed by atoms with E-state index in [1.54, 1.807) is 24.3 Å². The predicted octanol–water partition coefficient (Wildman–Crippen LogP) is 5.80. The first-order valence-electron chi connectivity index (χ1n) is 9.76. The summed E-state index contributed by atoms with van der Waals surface area (Å²) in [6.07, 6.45) is -3.53. The third-order valence-corrected chi connectivity index (χ3v) is 5.93. The van der Waals surface area contributed by atoms with Crippen LogP contribution in [0.15, 0.2) is 65.3 Å². The van der Waals surface area contributed by atoms with Crippen LogP contribution in [0, 0.1) is 0 Å². The summed E-state index contributed by atoms with van der Waals surface area (Å²) in [5.74, 6) is -0.415. The van der Waals surface area contributed by atoms with Gasteiger partial charge in [-0.1, -0.05) is 58.4 Å². The molecule has 0 radical (unpaired) electrons. The molecule has 0 aliphatic carbocycles. The molecule has 2 heterocycles. The number of fused-ring (bicyclic) bond motifs is 1. The van der Waals surface area contributed by atoms with Crippen LogP contribution in [0.25, 0.3) is 0 Å². The highest BCUT2D eigenvalue weighted by molar-refractivity contribution is 9.10. The Hall–Kier alpha value is -2.81. The van der Waals surface area contributed by atoms with E-state index in [2.05, 4.69) is 31.7 Å². The summed E-state index contributed by atoms with van der Waals surface area (Å²) in [5.41, 5.74) is 1.68. The Bertz CT molecular complexity index is 1070. The monoisotopic (exact) mass is 492 g/mol. The lowest BCUT2D eigenvalue weighted by Crippen LogP contribution is -2.36. The second kappa shape index (κ2) is 8.37. The number of hydrogen-bond donors (Lipinski definition) is 2. The number of aromatic nitrogens is 2. The van der Waals surface area contributed by atoms with Gasteiger partial charge >= 0.3 is 6.18 Å². The quantitative estimate of drug-likeness (QED) is 0.484. The summed E-state index contributed by atoms with van der Waals surface area (Å²) >= 11 is 3.34. The number of halogens is 4. The van der Waals surface area contributed by atoms with E-state index < -0.39 is 24.2 Å². The second-order valence-electron chi connectivity index (χ2n) is 7.50. The summed E-state index contributed by atoms with van der Waals surface area (Å²) in [5, 5.41) is 9.86. The van der Waals surface area contributed by atoms with Crippen LogP contribution in [-0.4, -0.2) is 21.9 Å². The molecule has 1 amide bonds. The van der Waals surface area contributed by atoms with Crippen molar-refractivity contribution in [3.8, 4) is 0 Å². The maximum Gasteiger partial charge on any atom is 0.410 e. The first-order chi connectivity index (χ1) is 14.7. The largest absolute Gasteiger partial charge is 0.410 e. The number of amides is 1. The lowest BCUT2D eigenvalue weighted by molar-refractivity contribution is -0.173. The molecular weight excluding hydrogens is 473 g/mol. The van der Waals surface area contributed by atoms with Gasteiger partial charge in [-0.15, -0.1) is 0 Å². The Balaban J connectivity index is 1.65. The van der Waals surface area contributed by atoms with Crippen molar-refractivity contribution in [2.24, 2.45) is 0 Å². The maximum atomic E-state index is 13.8. The van der Waals surface area contributed by atoms with E-state index in [1.807, 2.05) is 37.3 Å². The van der Waals surface area contributed by atoms with Crippen LogP contribution in [0.5, 0.6) is 0 Å². The minimum Gasteiger partial charge on any atom is -0.363 e. The summed E-state index contributed by atoms with van der Waals surface area (Å²) in [4.78, 5) is 12.9. The molecule has 0 saturated heterocycles. The van der Waals surface area contributed by atoms with Gasteiger partial charge in [-0.2, -0.15) is 18.3 Å². The number of alkyl halides is 3. The van der Waals surface area contributed by atoms with Crippen molar-refractivity contribution < 1.29 is 18.0 Å². The number of carbonyl (C=O) groups excluding carboxylic acids is 1. The average molecular weight is 493 g/mol. The smallest absolute Gasteiger partial charge is 0.363 e. The lowest BCUT2D eigenvalue weighted by Gasteiger charge is -2.34. The number of nitrogens with one attached hydrogen (secondary N) is 2. The molecule has 2 aromatic carbocycles. The molecule has 162 valence electrons. The third-order valence-electron chi connectivity index (χ3n) is 5.40. The molecular formula is C22H20BrF3N4O. The van der Waals surface area contributed by atoms with Crippen molar-refractivity contribution in [1.29, 1.82) is 0 Å². The molecule has 3 aromatic rings. The van der Waals surface area contributed by atoms with Crippen LogP contribution >= 0.6 is 15.9 Å². The molecule has 1 aliphatic rings. The predicted molar refractivity (Wildman–Crippen MR) is 115 cm³/mol. The van der Waals surface area contributed by atoms with Crippen LogP contribution in [-0.2, 0) is 0 Å². The number of rotatable bonds is 4. The van der Waals surface area contributed by atoms with Crippen LogP contribution in [0.1, 0.15) is 53.0 Å². The van der Waals surface area contributed by atoms with E-state index >= 15 is 0 Å². The first kappa shape index (κ1) is 21.4. The van der Waals surface area contributed by atoms with Crippen molar-refractivity contribution in [3.05, 3.63) is 82.0 Å². The fourth-order valence-corrected chi connectivity index (χ4v) is 4.01. The summed E-state index contributed by atoms with van der Waals surface area (Å²) < 4.78 is 43.2. The molecule has 3 atom stereocenters. The molecule has 1 aromatic heterocycles. The molecule has 0 spiro atoms. The van der Waals surface area contributed by atoms with Crippen molar-refractivity contribution >= 4 is 27.7 Å². The van der Waals surface area contributed by atoms with Crippen molar-refractivity contribution in [3.63, 3.8) is 0 Å². The number of nitrogens with zero attached hydrogens (tertiary/aromatic N) is 2. The first-order valence-corrected chi connectivity index (χ1v) is 10.6. The van der Waals surface area contributed by atoms with Gasteiger partial charge in [-0.25, -0.2) is 4.68 Å². The SMILES string of the molecule is C[C@@H](NC(=O)c1cnn2c1N[C@@H](c1ccc(Br)cc1)C[C@@H]2C(F)(F)F)c1ccccc1. The highest BCUT2D eigenvalue weighted by atomic mass is 79.9. The van der Waals surface area contributed by atoms with Crippen molar-refractivity contribution in [1.82, 2.24) is 15.1 Å². The van der Waals surface area contributed by atoms with Gasteiger partial charge < -0.3 is 10.6 Å². The number of benzene rings is 2. The summed E-state index contributed by atoms with van der Waals surface area (Å²) in [6.45, 7) is 1.82. The van der Waals surface area contributed by atoms with E-state index in [0.29, 0.717) is 5.56 Å². The van der Waals surface area contributed by atoms with Crippen LogP contribution < -0.4 is 10.6 Å².